The van der Waals surface area contributed by atoms with Crippen molar-refractivity contribution in [3.8, 4) is 5.75 Å². The summed E-state index contributed by atoms with van der Waals surface area (Å²) in [6, 6.07) is 23.4. The summed E-state index contributed by atoms with van der Waals surface area (Å²) in [6.45, 7) is 3.09. The van der Waals surface area contributed by atoms with Crippen molar-refractivity contribution >= 4 is 17.4 Å². The number of nitrogens with one attached hydrogen (secondary N) is 1. The fraction of sp³-hybridized carbons (Fsp3) is 0.231. The molecule has 0 bridgehead atoms. The summed E-state index contributed by atoms with van der Waals surface area (Å²) < 4.78 is 5.81. The van der Waals surface area contributed by atoms with E-state index in [2.05, 4.69) is 5.32 Å². The molecule has 0 aliphatic heterocycles. The Balaban J connectivity index is 1.62. The molecule has 0 fully saturated rings. The van der Waals surface area contributed by atoms with E-state index in [0.717, 1.165) is 11.1 Å². The molecule has 7 heteroatoms. The minimum Gasteiger partial charge on any atom is -0.491 e. The van der Waals surface area contributed by atoms with Crippen LogP contribution in [0.1, 0.15) is 54.2 Å². The standard InChI is InChI=1S/C26H26N2O5/c1-18(33-22-14-15-24(28(31)32)23(17-22)19(2)29)13-16-25(30)27-26(20-9-5-3-6-10-20)21-11-7-4-8-12-21/h3-12,14-15,17-18,26H,13,16H2,1-2H3,(H,27,30). The predicted octanol–water partition coefficient (Wildman–Crippen LogP) is 5.25. The summed E-state index contributed by atoms with van der Waals surface area (Å²) in [6.07, 6.45) is 0.349. The van der Waals surface area contributed by atoms with Gasteiger partial charge in [-0.2, -0.15) is 0 Å². The van der Waals surface area contributed by atoms with E-state index in [1.54, 1.807) is 0 Å². The zero-order valence-electron chi connectivity index (χ0n) is 18.6. The highest BCUT2D eigenvalue weighted by molar-refractivity contribution is 5.98. The third-order valence-corrected chi connectivity index (χ3v) is 5.23. The van der Waals surface area contributed by atoms with Gasteiger partial charge >= 0.3 is 0 Å². The molecule has 0 saturated heterocycles. The molecule has 1 unspecified atom stereocenters. The average molecular weight is 447 g/mol. The van der Waals surface area contributed by atoms with Gasteiger partial charge in [-0.15, -0.1) is 0 Å². The normalized spacial score (nSPS) is 11.6. The quantitative estimate of drug-likeness (QED) is 0.260. The second-order valence-corrected chi connectivity index (χ2v) is 7.78. The number of ether oxygens (including phenoxy) is 1. The topological polar surface area (TPSA) is 98.5 Å². The Morgan fingerprint density at radius 2 is 1.55 bits per heavy atom. The first-order chi connectivity index (χ1) is 15.8. The number of nitro groups is 1. The van der Waals surface area contributed by atoms with Crippen molar-refractivity contribution < 1.29 is 19.2 Å². The van der Waals surface area contributed by atoms with Crippen LogP contribution < -0.4 is 10.1 Å². The van der Waals surface area contributed by atoms with Crippen molar-refractivity contribution in [3.63, 3.8) is 0 Å². The van der Waals surface area contributed by atoms with Gasteiger partial charge in [-0.05, 0) is 43.5 Å². The highest BCUT2D eigenvalue weighted by atomic mass is 16.6. The number of hydrogen-bond acceptors (Lipinski definition) is 5. The third-order valence-electron chi connectivity index (χ3n) is 5.23. The van der Waals surface area contributed by atoms with Gasteiger partial charge in [0.1, 0.15) is 5.75 Å². The van der Waals surface area contributed by atoms with Crippen LogP contribution in [-0.4, -0.2) is 22.7 Å². The van der Waals surface area contributed by atoms with Gasteiger partial charge < -0.3 is 10.1 Å². The second-order valence-electron chi connectivity index (χ2n) is 7.78. The van der Waals surface area contributed by atoms with E-state index in [0.29, 0.717) is 12.2 Å². The van der Waals surface area contributed by atoms with Gasteiger partial charge in [-0.1, -0.05) is 60.7 Å². The molecule has 1 N–H and O–H groups in total. The number of benzene rings is 3. The average Bonchev–Trinajstić information content (AvgIpc) is 2.82. The Labute approximate surface area is 192 Å². The molecule has 0 radical (unpaired) electrons. The van der Waals surface area contributed by atoms with E-state index < -0.39 is 10.7 Å². The van der Waals surface area contributed by atoms with Crippen LogP contribution in [0.25, 0.3) is 0 Å². The number of amides is 1. The van der Waals surface area contributed by atoms with E-state index in [4.69, 9.17) is 4.74 Å². The van der Waals surface area contributed by atoms with Gasteiger partial charge in [0.15, 0.2) is 5.78 Å². The van der Waals surface area contributed by atoms with Crippen LogP contribution in [0.4, 0.5) is 5.69 Å². The van der Waals surface area contributed by atoms with Crippen molar-refractivity contribution in [2.45, 2.75) is 38.8 Å². The molecule has 0 aromatic heterocycles. The number of carbonyl (C=O) groups is 2. The number of rotatable bonds is 10. The maximum atomic E-state index is 12.7. The number of carbonyl (C=O) groups excluding carboxylic acids is 2. The molecule has 0 saturated carbocycles. The first-order valence-electron chi connectivity index (χ1n) is 10.7. The van der Waals surface area contributed by atoms with Crippen molar-refractivity contribution in [2.75, 3.05) is 0 Å². The second kappa shape index (κ2) is 11.0. The number of Topliss-reactive ketones (excluding diaryl/α,β-unsaturated/α-hetero) is 1. The molecule has 3 aromatic rings. The minimum absolute atomic E-state index is 0.00370. The fourth-order valence-electron chi connectivity index (χ4n) is 3.54. The highest BCUT2D eigenvalue weighted by Gasteiger charge is 2.20. The maximum Gasteiger partial charge on any atom is 0.280 e. The van der Waals surface area contributed by atoms with Crippen LogP contribution in [0.15, 0.2) is 78.9 Å². The Morgan fingerprint density at radius 1 is 0.970 bits per heavy atom. The molecular weight excluding hydrogens is 420 g/mol. The van der Waals surface area contributed by atoms with Crippen LogP contribution in [-0.2, 0) is 4.79 Å². The largest absolute Gasteiger partial charge is 0.491 e. The van der Waals surface area contributed by atoms with Crippen LogP contribution in [0.3, 0.4) is 0 Å². The maximum absolute atomic E-state index is 12.7. The first kappa shape index (κ1) is 23.7. The summed E-state index contributed by atoms with van der Waals surface area (Å²) in [4.78, 5) is 35.0. The van der Waals surface area contributed by atoms with Gasteiger partial charge in [0, 0.05) is 12.5 Å². The smallest absolute Gasteiger partial charge is 0.280 e. The number of nitro benzene ring substituents is 1. The molecule has 1 atom stereocenters. The molecule has 33 heavy (non-hydrogen) atoms. The Hall–Kier alpha value is -4.00. The van der Waals surface area contributed by atoms with Gasteiger partial charge in [-0.3, -0.25) is 19.7 Å². The van der Waals surface area contributed by atoms with Crippen molar-refractivity contribution in [3.05, 3.63) is 106 Å². The molecule has 1 amide bonds. The van der Waals surface area contributed by atoms with Crippen LogP contribution in [0, 0.1) is 10.1 Å². The molecule has 0 spiro atoms. The van der Waals surface area contributed by atoms with E-state index in [9.17, 15) is 19.7 Å². The lowest BCUT2D eigenvalue weighted by Crippen LogP contribution is -2.30. The summed E-state index contributed by atoms with van der Waals surface area (Å²) >= 11 is 0. The van der Waals surface area contributed by atoms with E-state index in [1.807, 2.05) is 67.6 Å². The number of ketones is 1. The lowest BCUT2D eigenvalue weighted by molar-refractivity contribution is -0.385. The highest BCUT2D eigenvalue weighted by Crippen LogP contribution is 2.26. The Bertz CT molecular complexity index is 1080. The molecule has 0 aliphatic rings. The zero-order valence-corrected chi connectivity index (χ0v) is 18.6. The summed E-state index contributed by atoms with van der Waals surface area (Å²) in [5, 5.41) is 14.2. The number of hydrogen-bond donors (Lipinski definition) is 1. The van der Waals surface area contributed by atoms with E-state index in [-0.39, 0.29) is 35.7 Å². The van der Waals surface area contributed by atoms with Gasteiger partial charge in [0.25, 0.3) is 5.69 Å². The Kier molecular flexibility index (Phi) is 7.91. The Morgan fingerprint density at radius 3 is 2.06 bits per heavy atom. The SMILES string of the molecule is CC(=O)c1cc(OC(C)CCC(=O)NC(c2ccccc2)c2ccccc2)ccc1[N+](=O)[O-]. The predicted molar refractivity (Wildman–Crippen MR) is 125 cm³/mol. The summed E-state index contributed by atoms with van der Waals surface area (Å²) in [5.74, 6) is -0.173. The molecule has 0 heterocycles. The van der Waals surface area contributed by atoms with Gasteiger partial charge in [-0.25, -0.2) is 0 Å². The van der Waals surface area contributed by atoms with Crippen LogP contribution in [0.2, 0.25) is 0 Å². The lowest BCUT2D eigenvalue weighted by atomic mass is 9.98. The first-order valence-corrected chi connectivity index (χ1v) is 10.7. The van der Waals surface area contributed by atoms with E-state index >= 15 is 0 Å². The third kappa shape index (κ3) is 6.49. The molecule has 3 rings (SSSR count). The molecule has 0 aliphatic carbocycles. The molecular formula is C26H26N2O5. The van der Waals surface area contributed by atoms with Gasteiger partial charge in [0.05, 0.1) is 22.6 Å². The van der Waals surface area contributed by atoms with Crippen molar-refractivity contribution in [1.82, 2.24) is 5.32 Å². The monoisotopic (exact) mass is 446 g/mol. The van der Waals surface area contributed by atoms with Crippen LogP contribution >= 0.6 is 0 Å². The molecule has 7 nitrogen and oxygen atoms in total. The van der Waals surface area contributed by atoms with Crippen molar-refractivity contribution in [2.24, 2.45) is 0 Å². The van der Waals surface area contributed by atoms with Crippen molar-refractivity contribution in [1.29, 1.82) is 0 Å². The lowest BCUT2D eigenvalue weighted by Gasteiger charge is -2.21. The molecule has 3 aromatic carbocycles. The number of nitrogens with zero attached hydrogens (tertiary/aromatic N) is 1. The minimum atomic E-state index is -0.593. The zero-order chi connectivity index (χ0) is 23.8. The summed E-state index contributed by atoms with van der Waals surface area (Å²) in [5.41, 5.74) is 1.72. The van der Waals surface area contributed by atoms with Crippen LogP contribution in [0.5, 0.6) is 5.75 Å². The molecule has 170 valence electrons. The van der Waals surface area contributed by atoms with Gasteiger partial charge in [0.2, 0.25) is 5.91 Å². The fourth-order valence-corrected chi connectivity index (χ4v) is 3.54. The van der Waals surface area contributed by atoms with E-state index in [1.165, 1.54) is 25.1 Å². The summed E-state index contributed by atoms with van der Waals surface area (Å²) in [7, 11) is 0.